The van der Waals surface area contributed by atoms with Crippen molar-refractivity contribution in [1.29, 1.82) is 0 Å². The van der Waals surface area contributed by atoms with Crippen LogP contribution in [0.5, 0.6) is 0 Å². The fraction of sp³-hybridized carbons (Fsp3) is 0. The van der Waals surface area contributed by atoms with Gasteiger partial charge in [0.2, 0.25) is 0 Å². The maximum Gasteiger partial charge on any atom is 0.271 e. The second-order valence-electron chi connectivity index (χ2n) is 4.75. The van der Waals surface area contributed by atoms with Gasteiger partial charge in [-0.25, -0.2) is 4.68 Å². The molecule has 1 N–H and O–H groups in total. The van der Waals surface area contributed by atoms with Gasteiger partial charge in [0, 0.05) is 23.8 Å². The Balaban J connectivity index is 2.02. The standard InChI is InChI=1S/C15H9Cl2N3O3/c16-12-6-1-9(7-13(12)17)14-8-15(21)19(18-14)10-2-4-11(5-3-10)20(22)23/h1-8,18H. The molecule has 8 heteroatoms. The molecule has 1 aromatic heterocycles. The van der Waals surface area contributed by atoms with Crippen LogP contribution >= 0.6 is 23.2 Å². The molecule has 23 heavy (non-hydrogen) atoms. The van der Waals surface area contributed by atoms with Gasteiger partial charge in [0.05, 0.1) is 26.3 Å². The summed E-state index contributed by atoms with van der Waals surface area (Å²) >= 11 is 11.9. The smallest absolute Gasteiger partial charge is 0.271 e. The van der Waals surface area contributed by atoms with Crippen LogP contribution in [-0.2, 0) is 0 Å². The van der Waals surface area contributed by atoms with Gasteiger partial charge in [0.1, 0.15) is 0 Å². The predicted octanol–water partition coefficient (Wildman–Crippen LogP) is 4.05. The summed E-state index contributed by atoms with van der Waals surface area (Å²) in [5.74, 6) is 0. The summed E-state index contributed by atoms with van der Waals surface area (Å²) in [6, 6.07) is 12.1. The van der Waals surface area contributed by atoms with Crippen LogP contribution in [0.25, 0.3) is 16.9 Å². The summed E-state index contributed by atoms with van der Waals surface area (Å²) in [4.78, 5) is 22.3. The van der Waals surface area contributed by atoms with Crippen LogP contribution in [0.4, 0.5) is 5.69 Å². The fourth-order valence-electron chi connectivity index (χ4n) is 2.12. The predicted molar refractivity (Wildman–Crippen MR) is 88.5 cm³/mol. The molecule has 0 saturated heterocycles. The Hall–Kier alpha value is -2.57. The van der Waals surface area contributed by atoms with E-state index in [9.17, 15) is 14.9 Å². The van der Waals surface area contributed by atoms with Crippen molar-refractivity contribution in [3.05, 3.63) is 79.0 Å². The highest BCUT2D eigenvalue weighted by molar-refractivity contribution is 6.42. The van der Waals surface area contributed by atoms with Crippen molar-refractivity contribution in [2.45, 2.75) is 0 Å². The Bertz CT molecular complexity index is 945. The van der Waals surface area contributed by atoms with E-state index in [0.717, 1.165) is 0 Å². The topological polar surface area (TPSA) is 80.9 Å². The number of hydrogen-bond acceptors (Lipinski definition) is 3. The van der Waals surface area contributed by atoms with Crippen LogP contribution in [0.2, 0.25) is 10.0 Å². The number of non-ortho nitro benzene ring substituents is 1. The molecule has 0 radical (unpaired) electrons. The van der Waals surface area contributed by atoms with Crippen LogP contribution < -0.4 is 5.56 Å². The molecule has 1 heterocycles. The number of hydrogen-bond donors (Lipinski definition) is 1. The van der Waals surface area contributed by atoms with Crippen molar-refractivity contribution in [3.63, 3.8) is 0 Å². The lowest BCUT2D eigenvalue weighted by Gasteiger charge is -2.03. The normalized spacial score (nSPS) is 10.7. The number of rotatable bonds is 3. The average Bonchev–Trinajstić information content (AvgIpc) is 2.92. The third-order valence-electron chi connectivity index (χ3n) is 3.27. The molecular weight excluding hydrogens is 341 g/mol. The second kappa shape index (κ2) is 5.91. The summed E-state index contributed by atoms with van der Waals surface area (Å²) in [6.45, 7) is 0. The molecule has 116 valence electrons. The number of nitrogens with one attached hydrogen (secondary N) is 1. The van der Waals surface area contributed by atoms with Crippen LogP contribution in [0.1, 0.15) is 0 Å². The summed E-state index contributed by atoms with van der Waals surface area (Å²) < 4.78 is 1.29. The summed E-state index contributed by atoms with van der Waals surface area (Å²) in [5, 5.41) is 14.4. The Labute approximate surface area is 140 Å². The van der Waals surface area contributed by atoms with Gasteiger partial charge in [-0.05, 0) is 24.3 Å². The number of nitrogens with zero attached hydrogens (tertiary/aromatic N) is 2. The molecule has 0 aliphatic carbocycles. The van der Waals surface area contributed by atoms with E-state index < -0.39 is 4.92 Å². The summed E-state index contributed by atoms with van der Waals surface area (Å²) in [6.07, 6.45) is 0. The lowest BCUT2D eigenvalue weighted by Crippen LogP contribution is -2.13. The first kappa shape index (κ1) is 15.3. The summed E-state index contributed by atoms with van der Waals surface area (Å²) in [7, 11) is 0. The van der Waals surface area contributed by atoms with Crippen molar-refractivity contribution in [2.75, 3.05) is 0 Å². The lowest BCUT2D eigenvalue weighted by molar-refractivity contribution is -0.384. The van der Waals surface area contributed by atoms with E-state index >= 15 is 0 Å². The van der Waals surface area contributed by atoms with Crippen LogP contribution in [-0.4, -0.2) is 14.7 Å². The number of aromatic nitrogens is 2. The largest absolute Gasteiger partial charge is 0.290 e. The maximum absolute atomic E-state index is 12.1. The van der Waals surface area contributed by atoms with E-state index in [2.05, 4.69) is 5.10 Å². The molecule has 0 aliphatic heterocycles. The van der Waals surface area contributed by atoms with E-state index in [1.54, 1.807) is 18.2 Å². The number of halogens is 2. The van der Waals surface area contributed by atoms with Crippen molar-refractivity contribution >= 4 is 28.9 Å². The van der Waals surface area contributed by atoms with Crippen LogP contribution in [0.3, 0.4) is 0 Å². The third-order valence-corrected chi connectivity index (χ3v) is 4.01. The second-order valence-corrected chi connectivity index (χ2v) is 5.56. The maximum atomic E-state index is 12.1. The average molecular weight is 350 g/mol. The number of benzene rings is 2. The number of H-pyrrole nitrogens is 1. The van der Waals surface area contributed by atoms with E-state index in [1.165, 1.54) is 35.0 Å². The molecule has 0 bridgehead atoms. The first-order chi connectivity index (χ1) is 11.0. The van der Waals surface area contributed by atoms with Crippen molar-refractivity contribution in [1.82, 2.24) is 9.78 Å². The fourth-order valence-corrected chi connectivity index (χ4v) is 2.42. The Morgan fingerprint density at radius 2 is 1.70 bits per heavy atom. The quantitative estimate of drug-likeness (QED) is 0.572. The van der Waals surface area contributed by atoms with Gasteiger partial charge in [-0.1, -0.05) is 29.3 Å². The Morgan fingerprint density at radius 1 is 1.00 bits per heavy atom. The van der Waals surface area contributed by atoms with Gasteiger partial charge < -0.3 is 0 Å². The van der Waals surface area contributed by atoms with Gasteiger partial charge in [-0.3, -0.25) is 20.0 Å². The van der Waals surface area contributed by atoms with E-state index in [-0.39, 0.29) is 11.2 Å². The minimum Gasteiger partial charge on any atom is -0.290 e. The minimum absolute atomic E-state index is 0.0435. The zero-order valence-corrected chi connectivity index (χ0v) is 13.0. The summed E-state index contributed by atoms with van der Waals surface area (Å²) in [5.41, 5.74) is 1.42. The molecule has 0 amide bonds. The zero-order chi connectivity index (χ0) is 16.6. The molecule has 0 saturated carbocycles. The van der Waals surface area contributed by atoms with Crippen molar-refractivity contribution < 1.29 is 4.92 Å². The molecule has 3 rings (SSSR count). The Morgan fingerprint density at radius 3 is 2.30 bits per heavy atom. The lowest BCUT2D eigenvalue weighted by atomic mass is 10.1. The zero-order valence-electron chi connectivity index (χ0n) is 11.5. The van der Waals surface area contributed by atoms with Gasteiger partial charge >= 0.3 is 0 Å². The van der Waals surface area contributed by atoms with E-state index in [4.69, 9.17) is 23.2 Å². The highest BCUT2D eigenvalue weighted by atomic mass is 35.5. The van der Waals surface area contributed by atoms with Crippen molar-refractivity contribution in [3.8, 4) is 16.9 Å². The van der Waals surface area contributed by atoms with Crippen LogP contribution in [0.15, 0.2) is 53.3 Å². The molecule has 0 spiro atoms. The Kier molecular flexibility index (Phi) is 3.94. The highest BCUT2D eigenvalue weighted by Crippen LogP contribution is 2.27. The van der Waals surface area contributed by atoms with E-state index in [1.807, 2.05) is 0 Å². The van der Waals surface area contributed by atoms with Gasteiger partial charge in [-0.2, -0.15) is 0 Å². The SMILES string of the molecule is O=c1cc(-c2ccc(Cl)c(Cl)c2)[nH]n1-c1ccc([N+](=O)[O-])cc1. The van der Waals surface area contributed by atoms with Crippen LogP contribution in [0, 0.1) is 10.1 Å². The minimum atomic E-state index is -0.498. The molecule has 0 aliphatic rings. The first-order valence-electron chi connectivity index (χ1n) is 6.48. The molecular formula is C15H9Cl2N3O3. The molecule has 0 atom stereocenters. The first-order valence-corrected chi connectivity index (χ1v) is 7.23. The van der Waals surface area contributed by atoms with Gasteiger partial charge in [-0.15, -0.1) is 0 Å². The van der Waals surface area contributed by atoms with E-state index in [0.29, 0.717) is 27.0 Å². The highest BCUT2D eigenvalue weighted by Gasteiger charge is 2.10. The number of nitro groups is 1. The molecule has 0 unspecified atom stereocenters. The molecule has 2 aromatic carbocycles. The monoisotopic (exact) mass is 349 g/mol. The van der Waals surface area contributed by atoms with Gasteiger partial charge in [0.25, 0.3) is 11.2 Å². The molecule has 6 nitrogen and oxygen atoms in total. The number of aromatic amines is 1. The number of nitro benzene ring substituents is 1. The van der Waals surface area contributed by atoms with Gasteiger partial charge in [0.15, 0.2) is 0 Å². The van der Waals surface area contributed by atoms with Crippen molar-refractivity contribution in [2.24, 2.45) is 0 Å². The molecule has 3 aromatic rings. The molecule has 0 fully saturated rings. The third kappa shape index (κ3) is 2.99.